The van der Waals surface area contributed by atoms with Crippen LogP contribution in [-0.2, 0) is 17.8 Å². The van der Waals surface area contributed by atoms with Gasteiger partial charge in [0.05, 0.1) is 11.6 Å². The number of carbonyl (C=O) groups is 1. The second kappa shape index (κ2) is 4.96. The first-order valence-corrected chi connectivity index (χ1v) is 7.11. The second-order valence-electron chi connectivity index (χ2n) is 5.91. The van der Waals surface area contributed by atoms with Crippen molar-refractivity contribution in [3.05, 3.63) is 17.7 Å². The van der Waals surface area contributed by atoms with Gasteiger partial charge in [0.25, 0.3) is 0 Å². The molecule has 0 spiro atoms. The minimum absolute atomic E-state index is 0.247. The second-order valence-corrected chi connectivity index (χ2v) is 5.91. The molecule has 2 aliphatic rings. The van der Waals surface area contributed by atoms with Crippen LogP contribution in [0.1, 0.15) is 36.7 Å². The fourth-order valence-electron chi connectivity index (χ4n) is 3.27. The van der Waals surface area contributed by atoms with Crippen LogP contribution < -0.4 is 0 Å². The lowest BCUT2D eigenvalue weighted by Gasteiger charge is -2.28. The van der Waals surface area contributed by atoms with Crippen LogP contribution in [0.15, 0.2) is 6.20 Å². The number of carboxylic acid groups (broad SMARTS) is 1. The van der Waals surface area contributed by atoms with E-state index in [4.69, 9.17) is 10.1 Å². The molecule has 0 bridgehead atoms. The smallest absolute Gasteiger partial charge is 0.308 e. The Morgan fingerprint density at radius 1 is 1.42 bits per heavy atom. The third-order valence-corrected chi connectivity index (χ3v) is 4.40. The van der Waals surface area contributed by atoms with Gasteiger partial charge in [-0.15, -0.1) is 0 Å². The molecule has 19 heavy (non-hydrogen) atoms. The number of rotatable bonds is 2. The van der Waals surface area contributed by atoms with E-state index in [1.165, 1.54) is 19.4 Å². The Kier molecular flexibility index (Phi) is 3.31. The molecule has 2 aliphatic heterocycles. The van der Waals surface area contributed by atoms with E-state index in [2.05, 4.69) is 22.7 Å². The number of likely N-dealkylation sites (N-methyl/N-ethyl adjacent to an activating group) is 1. The molecule has 1 saturated heterocycles. The topological polar surface area (TPSA) is 58.4 Å². The van der Waals surface area contributed by atoms with E-state index in [-0.39, 0.29) is 5.92 Å². The number of nitrogens with zero attached hydrogens (tertiary/aromatic N) is 3. The predicted octanol–water partition coefficient (Wildman–Crippen LogP) is 1.34. The molecule has 1 aromatic heterocycles. The Morgan fingerprint density at radius 3 is 3.00 bits per heavy atom. The molecule has 5 nitrogen and oxygen atoms in total. The SMILES string of the molecule is CN1CCCC(c2cn3c(n2)CCC(C(=O)O)C3)C1. The van der Waals surface area contributed by atoms with Crippen LogP contribution in [0.5, 0.6) is 0 Å². The molecule has 0 saturated carbocycles. The third-order valence-electron chi connectivity index (χ3n) is 4.40. The number of hydrogen-bond acceptors (Lipinski definition) is 3. The quantitative estimate of drug-likeness (QED) is 0.874. The zero-order valence-electron chi connectivity index (χ0n) is 11.4. The number of carboxylic acids is 1. The highest BCUT2D eigenvalue weighted by molar-refractivity contribution is 5.70. The number of likely N-dealkylation sites (tertiary alicyclic amines) is 1. The Bertz CT molecular complexity index is 483. The average Bonchev–Trinajstić information content (AvgIpc) is 2.81. The largest absolute Gasteiger partial charge is 0.481 e. The van der Waals surface area contributed by atoms with Crippen LogP contribution >= 0.6 is 0 Å². The molecule has 3 rings (SSSR count). The van der Waals surface area contributed by atoms with Gasteiger partial charge in [-0.2, -0.15) is 0 Å². The van der Waals surface area contributed by atoms with Crippen molar-refractivity contribution in [2.75, 3.05) is 20.1 Å². The molecule has 1 N–H and O–H groups in total. The number of hydrogen-bond donors (Lipinski definition) is 1. The van der Waals surface area contributed by atoms with Crippen molar-refractivity contribution in [3.63, 3.8) is 0 Å². The molecular formula is C14H21N3O2. The number of aryl methyl sites for hydroxylation is 1. The number of piperidine rings is 1. The number of aromatic nitrogens is 2. The maximum Gasteiger partial charge on any atom is 0.308 e. The van der Waals surface area contributed by atoms with Crippen molar-refractivity contribution in [2.24, 2.45) is 5.92 Å². The summed E-state index contributed by atoms with van der Waals surface area (Å²) >= 11 is 0. The van der Waals surface area contributed by atoms with E-state index in [1.807, 2.05) is 0 Å². The third kappa shape index (κ3) is 2.52. The summed E-state index contributed by atoms with van der Waals surface area (Å²) < 4.78 is 2.06. The van der Waals surface area contributed by atoms with Gasteiger partial charge in [0, 0.05) is 31.6 Å². The highest BCUT2D eigenvalue weighted by Gasteiger charge is 2.28. The van der Waals surface area contributed by atoms with E-state index < -0.39 is 5.97 Å². The summed E-state index contributed by atoms with van der Waals surface area (Å²) in [5, 5.41) is 9.11. The van der Waals surface area contributed by atoms with Crippen LogP contribution in [0, 0.1) is 5.92 Å². The van der Waals surface area contributed by atoms with Gasteiger partial charge in [-0.1, -0.05) is 0 Å². The normalized spacial score (nSPS) is 28.1. The molecule has 0 aromatic carbocycles. The Hall–Kier alpha value is -1.36. The molecule has 1 fully saturated rings. The average molecular weight is 263 g/mol. The molecular weight excluding hydrogens is 242 g/mol. The molecule has 5 heteroatoms. The van der Waals surface area contributed by atoms with Gasteiger partial charge in [0.2, 0.25) is 0 Å². The van der Waals surface area contributed by atoms with E-state index in [0.717, 1.165) is 30.9 Å². The van der Waals surface area contributed by atoms with E-state index in [1.54, 1.807) is 0 Å². The minimum atomic E-state index is -0.682. The van der Waals surface area contributed by atoms with Gasteiger partial charge in [-0.25, -0.2) is 4.98 Å². The Labute approximate surface area is 113 Å². The maximum absolute atomic E-state index is 11.1. The van der Waals surface area contributed by atoms with Crippen molar-refractivity contribution < 1.29 is 9.90 Å². The lowest BCUT2D eigenvalue weighted by Crippen LogP contribution is -2.30. The van der Waals surface area contributed by atoms with E-state index in [9.17, 15) is 4.79 Å². The summed E-state index contributed by atoms with van der Waals surface area (Å²) in [4.78, 5) is 18.2. The molecule has 2 unspecified atom stereocenters. The minimum Gasteiger partial charge on any atom is -0.481 e. The van der Waals surface area contributed by atoms with Crippen molar-refractivity contribution in [2.45, 2.75) is 38.1 Å². The fourth-order valence-corrected chi connectivity index (χ4v) is 3.27. The summed E-state index contributed by atoms with van der Waals surface area (Å²) in [5.74, 6) is 0.655. The summed E-state index contributed by atoms with van der Waals surface area (Å²) in [6.07, 6.45) is 6.02. The zero-order valence-corrected chi connectivity index (χ0v) is 11.4. The van der Waals surface area contributed by atoms with Crippen molar-refractivity contribution in [1.82, 2.24) is 14.5 Å². The van der Waals surface area contributed by atoms with Gasteiger partial charge in [0.15, 0.2) is 0 Å². The first-order chi connectivity index (χ1) is 9.13. The highest BCUT2D eigenvalue weighted by Crippen LogP contribution is 2.28. The summed E-state index contributed by atoms with van der Waals surface area (Å²) in [5.41, 5.74) is 1.16. The Balaban J connectivity index is 1.77. The molecule has 0 amide bonds. The van der Waals surface area contributed by atoms with Gasteiger partial charge < -0.3 is 14.6 Å². The number of imidazole rings is 1. The van der Waals surface area contributed by atoms with Crippen LogP contribution in [0.25, 0.3) is 0 Å². The van der Waals surface area contributed by atoms with E-state index in [0.29, 0.717) is 12.5 Å². The molecule has 2 atom stereocenters. The Morgan fingerprint density at radius 2 is 2.26 bits per heavy atom. The number of fused-ring (bicyclic) bond motifs is 1. The van der Waals surface area contributed by atoms with Crippen LogP contribution in [-0.4, -0.2) is 45.7 Å². The van der Waals surface area contributed by atoms with Crippen LogP contribution in [0.4, 0.5) is 0 Å². The molecule has 1 aromatic rings. The summed E-state index contributed by atoms with van der Waals surface area (Å²) in [6, 6.07) is 0. The van der Waals surface area contributed by atoms with Gasteiger partial charge in [-0.3, -0.25) is 4.79 Å². The van der Waals surface area contributed by atoms with Gasteiger partial charge >= 0.3 is 5.97 Å². The van der Waals surface area contributed by atoms with Gasteiger partial charge in [-0.05, 0) is 32.9 Å². The maximum atomic E-state index is 11.1. The monoisotopic (exact) mass is 263 g/mol. The van der Waals surface area contributed by atoms with E-state index >= 15 is 0 Å². The van der Waals surface area contributed by atoms with Crippen LogP contribution in [0.3, 0.4) is 0 Å². The molecule has 104 valence electrons. The molecule has 0 radical (unpaired) electrons. The van der Waals surface area contributed by atoms with Crippen molar-refractivity contribution in [1.29, 1.82) is 0 Å². The highest BCUT2D eigenvalue weighted by atomic mass is 16.4. The first kappa shape index (κ1) is 12.7. The first-order valence-electron chi connectivity index (χ1n) is 7.11. The van der Waals surface area contributed by atoms with Crippen molar-refractivity contribution >= 4 is 5.97 Å². The summed E-state index contributed by atoms with van der Waals surface area (Å²) in [7, 11) is 2.16. The lowest BCUT2D eigenvalue weighted by atomic mass is 9.96. The fraction of sp³-hybridized carbons (Fsp3) is 0.714. The van der Waals surface area contributed by atoms with Crippen molar-refractivity contribution in [3.8, 4) is 0 Å². The zero-order chi connectivity index (χ0) is 13.4. The van der Waals surface area contributed by atoms with Crippen LogP contribution in [0.2, 0.25) is 0 Å². The standard InChI is InChI=1S/C14H21N3O2/c1-16-6-2-3-10(7-16)12-9-17-8-11(14(18)19)4-5-13(17)15-12/h9-11H,2-8H2,1H3,(H,18,19). The molecule has 0 aliphatic carbocycles. The van der Waals surface area contributed by atoms with Gasteiger partial charge in [0.1, 0.15) is 5.82 Å². The molecule has 3 heterocycles. The lowest BCUT2D eigenvalue weighted by molar-refractivity contribution is -0.142. The predicted molar refractivity (Wildman–Crippen MR) is 71.1 cm³/mol. The summed E-state index contributed by atoms with van der Waals surface area (Å²) in [6.45, 7) is 2.82. The number of aliphatic carboxylic acids is 1.